The van der Waals surface area contributed by atoms with Gasteiger partial charge in [-0.1, -0.05) is 0 Å². The van der Waals surface area contributed by atoms with Crippen molar-refractivity contribution in [3.63, 3.8) is 0 Å². The lowest BCUT2D eigenvalue weighted by atomic mass is 9.96. The van der Waals surface area contributed by atoms with Crippen molar-refractivity contribution in [1.29, 1.82) is 0 Å². The van der Waals surface area contributed by atoms with Gasteiger partial charge >= 0.3 is 0 Å². The molecule has 3 heterocycles. The second-order valence-corrected chi connectivity index (χ2v) is 6.81. The predicted octanol–water partition coefficient (Wildman–Crippen LogP) is 3.20. The van der Waals surface area contributed by atoms with Crippen LogP contribution in [0.25, 0.3) is 0 Å². The molecule has 1 amide bonds. The molecule has 1 fully saturated rings. The summed E-state index contributed by atoms with van der Waals surface area (Å²) < 4.78 is 13.5. The summed E-state index contributed by atoms with van der Waals surface area (Å²) in [4.78, 5) is 16.9. The number of nitrogens with zero attached hydrogens (tertiary/aromatic N) is 4. The van der Waals surface area contributed by atoms with Crippen LogP contribution in [0.1, 0.15) is 42.2 Å². The molecule has 5 nitrogen and oxygen atoms in total. The van der Waals surface area contributed by atoms with Gasteiger partial charge in [-0.25, -0.2) is 4.39 Å². The Hall–Kier alpha value is -2.50. The molecule has 0 N–H and O–H groups in total. The van der Waals surface area contributed by atoms with Gasteiger partial charge in [0, 0.05) is 24.8 Å². The van der Waals surface area contributed by atoms with E-state index in [-0.39, 0.29) is 17.8 Å². The monoisotopic (exact) mass is 340 g/mol. The summed E-state index contributed by atoms with van der Waals surface area (Å²) >= 11 is 0. The molecule has 0 radical (unpaired) electrons. The smallest absolute Gasteiger partial charge is 0.279 e. The van der Waals surface area contributed by atoms with Gasteiger partial charge in [0.2, 0.25) is 0 Å². The maximum Gasteiger partial charge on any atom is 0.279 e. The molecule has 6 heteroatoms. The number of amides is 1. The number of aromatic nitrogens is 2. The van der Waals surface area contributed by atoms with Crippen LogP contribution in [0.15, 0.2) is 30.3 Å². The van der Waals surface area contributed by atoms with Gasteiger partial charge in [-0.15, -0.1) is 10.2 Å². The lowest BCUT2D eigenvalue weighted by Gasteiger charge is -2.35. The van der Waals surface area contributed by atoms with E-state index in [2.05, 4.69) is 15.1 Å². The molecule has 130 valence electrons. The molecule has 0 aliphatic carbocycles. The van der Waals surface area contributed by atoms with Crippen LogP contribution in [0.4, 0.5) is 15.9 Å². The Morgan fingerprint density at radius 2 is 1.96 bits per heavy atom. The molecule has 1 atom stereocenters. The maximum absolute atomic E-state index is 13.5. The fourth-order valence-electron chi connectivity index (χ4n) is 3.71. The molecule has 25 heavy (non-hydrogen) atoms. The Balaban J connectivity index is 1.62. The number of fused-ring (bicyclic) bond motifs is 1. The molecule has 0 bridgehead atoms. The topological polar surface area (TPSA) is 49.3 Å². The van der Waals surface area contributed by atoms with Crippen molar-refractivity contribution in [1.82, 2.24) is 10.2 Å². The Morgan fingerprint density at radius 1 is 1.16 bits per heavy atom. The normalized spacial score (nSPS) is 19.8. The van der Waals surface area contributed by atoms with Crippen molar-refractivity contribution >= 4 is 17.4 Å². The summed E-state index contributed by atoms with van der Waals surface area (Å²) in [6.45, 7) is 3.99. The van der Waals surface area contributed by atoms with Crippen LogP contribution >= 0.6 is 0 Å². The minimum Gasteiger partial charge on any atom is -0.355 e. The van der Waals surface area contributed by atoms with Gasteiger partial charge in [0.15, 0.2) is 11.5 Å². The summed E-state index contributed by atoms with van der Waals surface area (Å²) in [5, 5.41) is 8.41. The maximum atomic E-state index is 13.5. The Bertz CT molecular complexity index is 787. The van der Waals surface area contributed by atoms with E-state index in [4.69, 9.17) is 0 Å². The molecule has 1 saturated heterocycles. The summed E-state index contributed by atoms with van der Waals surface area (Å²) in [6.07, 6.45) is 3.92. The first-order chi connectivity index (χ1) is 12.1. The van der Waals surface area contributed by atoms with Crippen LogP contribution in [-0.2, 0) is 6.42 Å². The lowest BCUT2D eigenvalue weighted by Crippen LogP contribution is -2.42. The van der Waals surface area contributed by atoms with Gasteiger partial charge in [-0.05, 0) is 68.5 Å². The van der Waals surface area contributed by atoms with E-state index in [0.29, 0.717) is 5.69 Å². The average Bonchev–Trinajstić information content (AvgIpc) is 3.16. The van der Waals surface area contributed by atoms with E-state index in [1.165, 1.54) is 25.0 Å². The van der Waals surface area contributed by atoms with Crippen molar-refractivity contribution in [3.8, 4) is 0 Å². The number of halogens is 1. The average molecular weight is 340 g/mol. The van der Waals surface area contributed by atoms with Crippen LogP contribution in [0, 0.1) is 5.82 Å². The van der Waals surface area contributed by atoms with Crippen LogP contribution in [-0.4, -0.2) is 35.2 Å². The zero-order valence-electron chi connectivity index (χ0n) is 14.3. The van der Waals surface area contributed by atoms with Gasteiger partial charge in [-0.2, -0.15) is 0 Å². The molecule has 2 aliphatic rings. The fraction of sp³-hybridized carbons (Fsp3) is 0.421. The number of carbonyl (C=O) groups excluding carboxylic acids is 1. The van der Waals surface area contributed by atoms with Crippen molar-refractivity contribution in [3.05, 3.63) is 47.4 Å². The molecule has 2 aliphatic heterocycles. The highest BCUT2D eigenvalue weighted by Gasteiger charge is 2.30. The van der Waals surface area contributed by atoms with Gasteiger partial charge in [0.05, 0.1) is 0 Å². The molecule has 4 rings (SSSR count). The van der Waals surface area contributed by atoms with Crippen LogP contribution in [0.3, 0.4) is 0 Å². The first-order valence-electron chi connectivity index (χ1n) is 8.84. The van der Waals surface area contributed by atoms with E-state index in [0.717, 1.165) is 43.0 Å². The van der Waals surface area contributed by atoms with Crippen LogP contribution < -0.4 is 9.80 Å². The minimum atomic E-state index is -0.268. The zero-order chi connectivity index (χ0) is 17.4. The molecule has 1 aromatic carbocycles. The third kappa shape index (κ3) is 2.97. The van der Waals surface area contributed by atoms with E-state index in [1.54, 1.807) is 17.0 Å². The third-order valence-corrected chi connectivity index (χ3v) is 5.09. The van der Waals surface area contributed by atoms with E-state index >= 15 is 0 Å². The van der Waals surface area contributed by atoms with E-state index < -0.39 is 0 Å². The highest BCUT2D eigenvalue weighted by Crippen LogP contribution is 2.32. The number of hydrogen-bond donors (Lipinski definition) is 0. The standard InChI is InChI=1S/C19H21FN4O/c1-13-4-5-14-12-15(20)6-8-17(14)24(13)19(25)16-7-9-18(22-21-16)23-10-2-3-11-23/h6-9,12-13H,2-5,10-11H2,1H3. The van der Waals surface area contributed by atoms with Gasteiger partial charge < -0.3 is 9.80 Å². The largest absolute Gasteiger partial charge is 0.355 e. The Morgan fingerprint density at radius 3 is 2.68 bits per heavy atom. The number of aryl methyl sites for hydroxylation is 1. The van der Waals surface area contributed by atoms with Crippen molar-refractivity contribution in [2.45, 2.75) is 38.6 Å². The zero-order valence-corrected chi connectivity index (χ0v) is 14.3. The second kappa shape index (κ2) is 6.43. The van der Waals surface area contributed by atoms with Crippen LogP contribution in [0.5, 0.6) is 0 Å². The molecule has 1 aromatic heterocycles. The SMILES string of the molecule is CC1CCc2cc(F)ccc2N1C(=O)c1ccc(N2CCCC2)nn1. The summed E-state index contributed by atoms with van der Waals surface area (Å²) in [6, 6.07) is 8.26. The highest BCUT2D eigenvalue weighted by atomic mass is 19.1. The summed E-state index contributed by atoms with van der Waals surface area (Å²) in [5.41, 5.74) is 1.97. The first kappa shape index (κ1) is 16.0. The fourth-order valence-corrected chi connectivity index (χ4v) is 3.71. The van der Waals surface area contributed by atoms with Crippen molar-refractivity contribution in [2.24, 2.45) is 0 Å². The molecule has 0 spiro atoms. The first-order valence-corrected chi connectivity index (χ1v) is 8.84. The van der Waals surface area contributed by atoms with E-state index in [9.17, 15) is 9.18 Å². The number of anilines is 2. The molecular weight excluding hydrogens is 319 g/mol. The van der Waals surface area contributed by atoms with Crippen LogP contribution in [0.2, 0.25) is 0 Å². The molecular formula is C19H21FN4O. The highest BCUT2D eigenvalue weighted by molar-refractivity contribution is 6.05. The predicted molar refractivity (Wildman–Crippen MR) is 94.5 cm³/mol. The number of benzene rings is 1. The lowest BCUT2D eigenvalue weighted by molar-refractivity contribution is 0.0969. The number of carbonyl (C=O) groups is 1. The summed E-state index contributed by atoms with van der Waals surface area (Å²) in [5.74, 6) is 0.374. The second-order valence-electron chi connectivity index (χ2n) is 6.81. The number of rotatable bonds is 2. The van der Waals surface area contributed by atoms with Gasteiger partial charge in [0.1, 0.15) is 5.82 Å². The van der Waals surface area contributed by atoms with Crippen molar-refractivity contribution < 1.29 is 9.18 Å². The third-order valence-electron chi connectivity index (χ3n) is 5.09. The minimum absolute atomic E-state index is 0.0468. The van der Waals surface area contributed by atoms with Gasteiger partial charge in [-0.3, -0.25) is 4.79 Å². The quantitative estimate of drug-likeness (QED) is 0.842. The molecule has 0 saturated carbocycles. The van der Waals surface area contributed by atoms with Gasteiger partial charge in [0.25, 0.3) is 5.91 Å². The Kier molecular flexibility index (Phi) is 4.11. The summed E-state index contributed by atoms with van der Waals surface area (Å²) in [7, 11) is 0. The number of hydrogen-bond acceptors (Lipinski definition) is 4. The molecule has 1 unspecified atom stereocenters. The van der Waals surface area contributed by atoms with E-state index in [1.807, 2.05) is 13.0 Å². The Labute approximate surface area is 146 Å². The van der Waals surface area contributed by atoms with Crippen molar-refractivity contribution in [2.75, 3.05) is 22.9 Å². The molecule has 2 aromatic rings.